The second kappa shape index (κ2) is 8.47. The zero-order chi connectivity index (χ0) is 20.4. The van der Waals surface area contributed by atoms with Crippen molar-refractivity contribution in [2.45, 2.75) is 59.3 Å². The van der Waals surface area contributed by atoms with Crippen LogP contribution in [0.3, 0.4) is 0 Å². The summed E-state index contributed by atoms with van der Waals surface area (Å²) >= 11 is 1.43. The van der Waals surface area contributed by atoms with E-state index in [-0.39, 0.29) is 12.5 Å². The number of ether oxygens (including phenoxy) is 1. The molecule has 2 aliphatic carbocycles. The van der Waals surface area contributed by atoms with Gasteiger partial charge in [-0.2, -0.15) is 0 Å². The second-order valence-electron chi connectivity index (χ2n) is 7.64. The smallest absolute Gasteiger partial charge is 0.341 e. The topological polar surface area (TPSA) is 92.7 Å². The molecular formula is C21H27NO5S. The van der Waals surface area contributed by atoms with Gasteiger partial charge in [0.25, 0.3) is 0 Å². The first-order valence-corrected chi connectivity index (χ1v) is 10.7. The highest BCUT2D eigenvalue weighted by Crippen LogP contribution is 2.40. The number of allylic oxidation sites excluding steroid dienone is 2. The van der Waals surface area contributed by atoms with Gasteiger partial charge in [0, 0.05) is 4.88 Å². The number of carbonyl (C=O) groups excluding carboxylic acids is 2. The van der Waals surface area contributed by atoms with Crippen molar-refractivity contribution in [3.05, 3.63) is 27.2 Å². The molecule has 0 unspecified atom stereocenters. The lowest BCUT2D eigenvalue weighted by Crippen LogP contribution is -2.36. The Morgan fingerprint density at radius 2 is 1.75 bits per heavy atom. The molecule has 0 radical (unpaired) electrons. The van der Waals surface area contributed by atoms with E-state index < -0.39 is 23.8 Å². The van der Waals surface area contributed by atoms with Crippen LogP contribution in [0.2, 0.25) is 0 Å². The highest BCUT2D eigenvalue weighted by molar-refractivity contribution is 7.17. The monoisotopic (exact) mass is 405 g/mol. The fraction of sp³-hybridized carbons (Fsp3) is 0.571. The lowest BCUT2D eigenvalue weighted by Gasteiger charge is -2.29. The van der Waals surface area contributed by atoms with Gasteiger partial charge in [0.05, 0.1) is 24.0 Å². The molecule has 0 saturated heterocycles. The number of carboxylic acid groups (broad SMARTS) is 1. The third-order valence-electron chi connectivity index (χ3n) is 5.81. The Balaban J connectivity index is 1.90. The minimum Gasteiger partial charge on any atom is -0.481 e. The Morgan fingerprint density at radius 1 is 1.11 bits per heavy atom. The van der Waals surface area contributed by atoms with Gasteiger partial charge in [-0.25, -0.2) is 4.79 Å². The number of anilines is 1. The van der Waals surface area contributed by atoms with Gasteiger partial charge in [-0.15, -0.1) is 11.3 Å². The van der Waals surface area contributed by atoms with E-state index in [1.807, 2.05) is 13.8 Å². The van der Waals surface area contributed by atoms with E-state index in [0.29, 0.717) is 23.4 Å². The number of esters is 1. The van der Waals surface area contributed by atoms with Crippen LogP contribution in [-0.2, 0) is 27.2 Å². The molecule has 3 rings (SSSR count). The summed E-state index contributed by atoms with van der Waals surface area (Å²) in [4.78, 5) is 38.4. The number of fused-ring (bicyclic) bond motifs is 1. The number of hydrogen-bond donors (Lipinski definition) is 2. The summed E-state index contributed by atoms with van der Waals surface area (Å²) in [5, 5.41) is 13.0. The number of nitrogens with one attached hydrogen (secondary N) is 1. The summed E-state index contributed by atoms with van der Waals surface area (Å²) in [5.74, 6) is -3.09. The van der Waals surface area contributed by atoms with Gasteiger partial charge >= 0.3 is 11.9 Å². The molecule has 2 atom stereocenters. The van der Waals surface area contributed by atoms with Crippen LogP contribution < -0.4 is 5.32 Å². The van der Waals surface area contributed by atoms with E-state index in [1.54, 1.807) is 6.92 Å². The second-order valence-corrected chi connectivity index (χ2v) is 8.75. The molecule has 1 heterocycles. The Labute approximate surface area is 169 Å². The first kappa shape index (κ1) is 20.6. The summed E-state index contributed by atoms with van der Waals surface area (Å²) in [6.45, 7) is 5.89. The summed E-state index contributed by atoms with van der Waals surface area (Å²) in [6, 6.07) is 0. The number of aryl methyl sites for hydroxylation is 1. The van der Waals surface area contributed by atoms with Crippen molar-refractivity contribution in [1.29, 1.82) is 0 Å². The normalized spacial score (nSPS) is 21.8. The minimum absolute atomic E-state index is 0.268. The fourth-order valence-electron chi connectivity index (χ4n) is 4.11. The van der Waals surface area contributed by atoms with Crippen molar-refractivity contribution in [2.24, 2.45) is 11.8 Å². The van der Waals surface area contributed by atoms with Gasteiger partial charge in [0.15, 0.2) is 0 Å². The molecule has 6 nitrogen and oxygen atoms in total. The van der Waals surface area contributed by atoms with Crippen LogP contribution in [0.25, 0.3) is 0 Å². The van der Waals surface area contributed by atoms with Crippen molar-refractivity contribution < 1.29 is 24.2 Å². The molecule has 28 heavy (non-hydrogen) atoms. The van der Waals surface area contributed by atoms with E-state index in [2.05, 4.69) is 5.32 Å². The maximum absolute atomic E-state index is 13.0. The van der Waals surface area contributed by atoms with E-state index in [1.165, 1.54) is 11.3 Å². The number of aliphatic carboxylic acids is 1. The van der Waals surface area contributed by atoms with Crippen LogP contribution in [0, 0.1) is 11.8 Å². The quantitative estimate of drug-likeness (QED) is 0.566. The minimum atomic E-state index is -0.955. The highest BCUT2D eigenvalue weighted by atomic mass is 32.1. The van der Waals surface area contributed by atoms with Crippen molar-refractivity contribution in [3.8, 4) is 0 Å². The first-order valence-electron chi connectivity index (χ1n) is 9.84. The first-order chi connectivity index (χ1) is 13.3. The lowest BCUT2D eigenvalue weighted by atomic mass is 9.76. The van der Waals surface area contributed by atoms with Gasteiger partial charge in [0.1, 0.15) is 5.00 Å². The van der Waals surface area contributed by atoms with Crippen LogP contribution in [0.5, 0.6) is 0 Å². The largest absolute Gasteiger partial charge is 0.481 e. The molecule has 0 saturated carbocycles. The molecule has 152 valence electrons. The van der Waals surface area contributed by atoms with Gasteiger partial charge in [0.2, 0.25) is 5.91 Å². The predicted molar refractivity (Wildman–Crippen MR) is 108 cm³/mol. The van der Waals surface area contributed by atoms with Crippen LogP contribution in [-0.4, -0.2) is 29.6 Å². The van der Waals surface area contributed by atoms with Crippen molar-refractivity contribution in [1.82, 2.24) is 0 Å². The maximum Gasteiger partial charge on any atom is 0.341 e. The average molecular weight is 406 g/mol. The van der Waals surface area contributed by atoms with Gasteiger partial charge in [-0.05, 0) is 64.9 Å². The maximum atomic E-state index is 13.0. The summed E-state index contributed by atoms with van der Waals surface area (Å²) in [7, 11) is 0. The van der Waals surface area contributed by atoms with Crippen LogP contribution in [0.1, 0.15) is 67.3 Å². The zero-order valence-electron chi connectivity index (χ0n) is 16.6. The van der Waals surface area contributed by atoms with Crippen molar-refractivity contribution in [3.63, 3.8) is 0 Å². The molecule has 2 aliphatic rings. The van der Waals surface area contributed by atoms with Gasteiger partial charge < -0.3 is 15.2 Å². The molecule has 1 aromatic heterocycles. The SMILES string of the molecule is CCOC(=O)c1c(NC(=O)[C@H]2CC(C)=C(C)C[C@H]2C(=O)O)sc2c1CCCC2. The Bertz CT molecular complexity index is 838. The van der Waals surface area contributed by atoms with Crippen molar-refractivity contribution in [2.75, 3.05) is 11.9 Å². The Kier molecular flexibility index (Phi) is 6.23. The summed E-state index contributed by atoms with van der Waals surface area (Å²) < 4.78 is 5.23. The Morgan fingerprint density at radius 3 is 2.39 bits per heavy atom. The fourth-order valence-corrected chi connectivity index (χ4v) is 5.39. The standard InChI is InChI=1S/C21H27NO5S/c1-4-27-21(26)17-13-7-5-6-8-16(13)28-19(17)22-18(23)14-9-11(2)12(3)10-15(14)20(24)25/h14-15H,4-10H2,1-3H3,(H,22,23)(H,24,25)/t14-,15+/m0/s1. The summed E-state index contributed by atoms with van der Waals surface area (Å²) in [6.07, 6.45) is 4.58. The third kappa shape index (κ3) is 3.99. The number of carbonyl (C=O) groups is 3. The number of thiophene rings is 1. The molecule has 0 fully saturated rings. The molecule has 1 amide bonds. The van der Waals surface area contributed by atoms with Crippen molar-refractivity contribution >= 4 is 34.2 Å². The molecule has 2 N–H and O–H groups in total. The van der Waals surface area contributed by atoms with Crippen LogP contribution in [0.4, 0.5) is 5.00 Å². The van der Waals surface area contributed by atoms with Crippen LogP contribution in [0.15, 0.2) is 11.1 Å². The molecule has 1 aromatic rings. The molecule has 7 heteroatoms. The van der Waals surface area contributed by atoms with Crippen LogP contribution >= 0.6 is 11.3 Å². The average Bonchev–Trinajstić information content (AvgIpc) is 3.01. The number of rotatable bonds is 5. The molecule has 0 spiro atoms. The molecule has 0 aromatic carbocycles. The highest BCUT2D eigenvalue weighted by Gasteiger charge is 2.38. The van der Waals surface area contributed by atoms with Gasteiger partial charge in [-0.1, -0.05) is 11.1 Å². The predicted octanol–water partition coefficient (Wildman–Crippen LogP) is 4.19. The lowest BCUT2D eigenvalue weighted by molar-refractivity contribution is -0.146. The van der Waals surface area contributed by atoms with E-state index in [0.717, 1.165) is 47.3 Å². The van der Waals surface area contributed by atoms with Gasteiger partial charge in [-0.3, -0.25) is 9.59 Å². The molecule has 0 bridgehead atoms. The molecule has 0 aliphatic heterocycles. The Hall–Kier alpha value is -2.15. The number of carboxylic acids is 1. The zero-order valence-corrected chi connectivity index (χ0v) is 17.4. The number of amides is 1. The van der Waals surface area contributed by atoms with E-state index in [9.17, 15) is 19.5 Å². The third-order valence-corrected chi connectivity index (χ3v) is 7.02. The number of hydrogen-bond acceptors (Lipinski definition) is 5. The molecular weight excluding hydrogens is 378 g/mol. The van der Waals surface area contributed by atoms with E-state index >= 15 is 0 Å². The summed E-state index contributed by atoms with van der Waals surface area (Å²) in [5.41, 5.74) is 3.54. The van der Waals surface area contributed by atoms with E-state index in [4.69, 9.17) is 4.74 Å².